The Morgan fingerprint density at radius 2 is 2.14 bits per heavy atom. The number of hydrogen-bond donors (Lipinski definition) is 1. The SMILES string of the molecule is CCOC(=O)c1ccc(-n2cccc2C2CCNC2)cc1. The molecule has 1 aromatic heterocycles. The average molecular weight is 284 g/mol. The maximum atomic E-state index is 11.7. The van der Waals surface area contributed by atoms with E-state index in [1.807, 2.05) is 31.2 Å². The quantitative estimate of drug-likeness (QED) is 0.878. The van der Waals surface area contributed by atoms with Gasteiger partial charge in [-0.15, -0.1) is 0 Å². The van der Waals surface area contributed by atoms with Crippen molar-refractivity contribution < 1.29 is 9.53 Å². The van der Waals surface area contributed by atoms with Crippen LogP contribution in [0.3, 0.4) is 0 Å². The van der Waals surface area contributed by atoms with Crippen LogP contribution < -0.4 is 5.32 Å². The van der Waals surface area contributed by atoms with Crippen LogP contribution in [0.5, 0.6) is 0 Å². The van der Waals surface area contributed by atoms with Gasteiger partial charge in [-0.2, -0.15) is 0 Å². The summed E-state index contributed by atoms with van der Waals surface area (Å²) < 4.78 is 7.21. The molecule has 4 nitrogen and oxygen atoms in total. The number of carbonyl (C=O) groups is 1. The fraction of sp³-hybridized carbons (Fsp3) is 0.353. The molecular weight excluding hydrogens is 264 g/mol. The maximum Gasteiger partial charge on any atom is 0.338 e. The van der Waals surface area contributed by atoms with Gasteiger partial charge in [0.2, 0.25) is 0 Å². The molecule has 1 aliphatic rings. The predicted molar refractivity (Wildman–Crippen MR) is 82.0 cm³/mol. The highest BCUT2D eigenvalue weighted by atomic mass is 16.5. The van der Waals surface area contributed by atoms with Gasteiger partial charge in [0.1, 0.15) is 0 Å². The Morgan fingerprint density at radius 3 is 2.81 bits per heavy atom. The molecular formula is C17H20N2O2. The van der Waals surface area contributed by atoms with E-state index in [1.54, 1.807) is 0 Å². The lowest BCUT2D eigenvalue weighted by Gasteiger charge is -2.14. The summed E-state index contributed by atoms with van der Waals surface area (Å²) in [6, 6.07) is 11.8. The van der Waals surface area contributed by atoms with Crippen molar-refractivity contribution in [1.82, 2.24) is 9.88 Å². The Labute approximate surface area is 124 Å². The van der Waals surface area contributed by atoms with E-state index in [-0.39, 0.29) is 5.97 Å². The van der Waals surface area contributed by atoms with Crippen LogP contribution in [0.2, 0.25) is 0 Å². The molecule has 2 aromatic rings. The van der Waals surface area contributed by atoms with Crippen LogP contribution >= 0.6 is 0 Å². The molecule has 0 spiro atoms. The normalized spacial score (nSPS) is 17.9. The van der Waals surface area contributed by atoms with Gasteiger partial charge in [0.05, 0.1) is 12.2 Å². The third-order valence-corrected chi connectivity index (χ3v) is 3.92. The van der Waals surface area contributed by atoms with E-state index >= 15 is 0 Å². The lowest BCUT2D eigenvalue weighted by Crippen LogP contribution is -2.11. The van der Waals surface area contributed by atoms with Gasteiger partial charge in [-0.25, -0.2) is 4.79 Å². The molecule has 0 saturated carbocycles. The van der Waals surface area contributed by atoms with Gasteiger partial charge in [-0.1, -0.05) is 0 Å². The second-order valence-electron chi connectivity index (χ2n) is 5.26. The Kier molecular flexibility index (Phi) is 4.06. The van der Waals surface area contributed by atoms with Crippen molar-refractivity contribution in [3.63, 3.8) is 0 Å². The van der Waals surface area contributed by atoms with Crippen LogP contribution in [0.1, 0.15) is 35.3 Å². The van der Waals surface area contributed by atoms with Gasteiger partial charge >= 0.3 is 5.97 Å². The molecule has 0 aliphatic carbocycles. The molecule has 1 N–H and O–H groups in total. The van der Waals surface area contributed by atoms with Gasteiger partial charge in [-0.3, -0.25) is 0 Å². The highest BCUT2D eigenvalue weighted by Gasteiger charge is 2.20. The number of ether oxygens (including phenoxy) is 1. The fourth-order valence-electron chi connectivity index (χ4n) is 2.84. The molecule has 1 atom stereocenters. The zero-order valence-corrected chi connectivity index (χ0v) is 12.2. The number of carbonyl (C=O) groups excluding carboxylic acids is 1. The number of nitrogens with one attached hydrogen (secondary N) is 1. The van der Waals surface area contributed by atoms with Crippen molar-refractivity contribution >= 4 is 5.97 Å². The number of nitrogens with zero attached hydrogens (tertiary/aromatic N) is 1. The second kappa shape index (κ2) is 6.14. The lowest BCUT2D eigenvalue weighted by molar-refractivity contribution is 0.0526. The molecule has 0 radical (unpaired) electrons. The average Bonchev–Trinajstić information content (AvgIpc) is 3.18. The van der Waals surface area contributed by atoms with E-state index in [1.165, 1.54) is 12.1 Å². The number of hydrogen-bond acceptors (Lipinski definition) is 3. The van der Waals surface area contributed by atoms with Crippen molar-refractivity contribution in [3.05, 3.63) is 53.9 Å². The van der Waals surface area contributed by atoms with Gasteiger partial charge in [0, 0.05) is 30.0 Å². The van der Waals surface area contributed by atoms with Crippen LogP contribution in [0, 0.1) is 0 Å². The van der Waals surface area contributed by atoms with Crippen LogP contribution in [-0.2, 0) is 4.74 Å². The summed E-state index contributed by atoms with van der Waals surface area (Å²) in [4.78, 5) is 11.7. The maximum absolute atomic E-state index is 11.7. The molecule has 1 unspecified atom stereocenters. The molecule has 1 saturated heterocycles. The molecule has 21 heavy (non-hydrogen) atoms. The Morgan fingerprint density at radius 1 is 1.33 bits per heavy atom. The summed E-state index contributed by atoms with van der Waals surface area (Å²) in [5, 5.41) is 3.40. The van der Waals surface area contributed by atoms with E-state index in [0.29, 0.717) is 18.1 Å². The van der Waals surface area contributed by atoms with E-state index in [0.717, 1.165) is 18.8 Å². The van der Waals surface area contributed by atoms with Gasteiger partial charge in [0.25, 0.3) is 0 Å². The zero-order chi connectivity index (χ0) is 14.7. The standard InChI is InChI=1S/C17H20N2O2/c1-2-21-17(20)13-5-7-15(8-6-13)19-11-3-4-16(19)14-9-10-18-12-14/h3-8,11,14,18H,2,9-10,12H2,1H3. The Hall–Kier alpha value is -2.07. The van der Waals surface area contributed by atoms with Gasteiger partial charge in [-0.05, 0) is 56.3 Å². The van der Waals surface area contributed by atoms with Crippen LogP contribution in [-0.4, -0.2) is 30.2 Å². The van der Waals surface area contributed by atoms with Gasteiger partial charge in [0.15, 0.2) is 0 Å². The molecule has 4 heteroatoms. The minimum atomic E-state index is -0.267. The molecule has 110 valence electrons. The number of rotatable bonds is 4. The predicted octanol–water partition coefficient (Wildman–Crippen LogP) is 2.73. The summed E-state index contributed by atoms with van der Waals surface area (Å²) in [5.41, 5.74) is 3.00. The van der Waals surface area contributed by atoms with Crippen LogP contribution in [0.15, 0.2) is 42.6 Å². The van der Waals surface area contributed by atoms with E-state index < -0.39 is 0 Å². The largest absolute Gasteiger partial charge is 0.462 e. The first-order chi connectivity index (χ1) is 10.3. The summed E-state index contributed by atoms with van der Waals surface area (Å²) in [5.74, 6) is 0.293. The first kappa shape index (κ1) is 13.9. The fourth-order valence-corrected chi connectivity index (χ4v) is 2.84. The zero-order valence-electron chi connectivity index (χ0n) is 12.2. The van der Waals surface area contributed by atoms with E-state index in [9.17, 15) is 4.79 Å². The summed E-state index contributed by atoms with van der Waals surface area (Å²) in [6.45, 7) is 4.33. The van der Waals surface area contributed by atoms with Crippen molar-refractivity contribution in [1.29, 1.82) is 0 Å². The summed E-state index contributed by atoms with van der Waals surface area (Å²) in [6.07, 6.45) is 3.25. The lowest BCUT2D eigenvalue weighted by atomic mass is 10.0. The topological polar surface area (TPSA) is 43.3 Å². The first-order valence-corrected chi connectivity index (χ1v) is 7.45. The Balaban J connectivity index is 1.84. The molecule has 3 rings (SSSR count). The molecule has 0 amide bonds. The van der Waals surface area contributed by atoms with Crippen LogP contribution in [0.4, 0.5) is 0 Å². The van der Waals surface area contributed by atoms with Crippen molar-refractivity contribution in [3.8, 4) is 5.69 Å². The monoisotopic (exact) mass is 284 g/mol. The van der Waals surface area contributed by atoms with E-state index in [4.69, 9.17) is 4.74 Å². The van der Waals surface area contributed by atoms with Crippen molar-refractivity contribution in [2.75, 3.05) is 19.7 Å². The summed E-state index contributed by atoms with van der Waals surface area (Å²) >= 11 is 0. The third kappa shape index (κ3) is 2.85. The summed E-state index contributed by atoms with van der Waals surface area (Å²) in [7, 11) is 0. The number of aromatic nitrogens is 1. The molecule has 2 heterocycles. The first-order valence-electron chi connectivity index (χ1n) is 7.45. The minimum Gasteiger partial charge on any atom is -0.462 e. The highest BCUT2D eigenvalue weighted by Crippen LogP contribution is 2.25. The minimum absolute atomic E-state index is 0.267. The molecule has 1 fully saturated rings. The van der Waals surface area contributed by atoms with E-state index in [2.05, 4.69) is 28.2 Å². The highest BCUT2D eigenvalue weighted by molar-refractivity contribution is 5.89. The molecule has 1 aliphatic heterocycles. The van der Waals surface area contributed by atoms with Crippen LogP contribution in [0.25, 0.3) is 5.69 Å². The van der Waals surface area contributed by atoms with Gasteiger partial charge < -0.3 is 14.6 Å². The van der Waals surface area contributed by atoms with Crippen molar-refractivity contribution in [2.24, 2.45) is 0 Å². The number of esters is 1. The number of benzene rings is 1. The second-order valence-corrected chi connectivity index (χ2v) is 5.26. The molecule has 1 aromatic carbocycles. The molecule has 0 bridgehead atoms. The third-order valence-electron chi connectivity index (χ3n) is 3.92. The smallest absolute Gasteiger partial charge is 0.338 e. The Bertz CT molecular complexity index is 610. The van der Waals surface area contributed by atoms with Crippen molar-refractivity contribution in [2.45, 2.75) is 19.3 Å².